The highest BCUT2D eigenvalue weighted by Crippen LogP contribution is 2.29. The molecule has 0 aliphatic carbocycles. The van der Waals surface area contributed by atoms with Crippen LogP contribution in [0, 0.1) is 0 Å². The van der Waals surface area contributed by atoms with Crippen LogP contribution in [0.1, 0.15) is 43.7 Å². The molecule has 31 heavy (non-hydrogen) atoms. The SMILES string of the molecule is CCO[Si](OCC)(OCC)c1ccc(-c2ccc(/C=C/c3ccc(CC)cc3)s2)cc1. The van der Waals surface area contributed by atoms with E-state index in [-0.39, 0.29) is 0 Å². The molecule has 0 aliphatic heterocycles. The van der Waals surface area contributed by atoms with Crippen LogP contribution < -0.4 is 5.19 Å². The van der Waals surface area contributed by atoms with Gasteiger partial charge in [-0.25, -0.2) is 0 Å². The van der Waals surface area contributed by atoms with Gasteiger partial charge in [-0.05, 0) is 62.1 Å². The van der Waals surface area contributed by atoms with Gasteiger partial charge in [0.15, 0.2) is 0 Å². The average Bonchev–Trinajstić information content (AvgIpc) is 3.28. The molecule has 2 aromatic carbocycles. The van der Waals surface area contributed by atoms with Gasteiger partial charge in [0.1, 0.15) is 0 Å². The Labute approximate surface area is 191 Å². The summed E-state index contributed by atoms with van der Waals surface area (Å²) in [7, 11) is -2.86. The van der Waals surface area contributed by atoms with E-state index in [0.717, 1.165) is 11.6 Å². The first-order valence-electron chi connectivity index (χ1n) is 11.0. The number of rotatable bonds is 11. The van der Waals surface area contributed by atoms with E-state index < -0.39 is 8.80 Å². The summed E-state index contributed by atoms with van der Waals surface area (Å²) < 4.78 is 18.1. The van der Waals surface area contributed by atoms with Crippen molar-refractivity contribution in [3.8, 4) is 10.4 Å². The van der Waals surface area contributed by atoms with Crippen LogP contribution in [0.15, 0.2) is 60.7 Å². The van der Waals surface area contributed by atoms with E-state index >= 15 is 0 Å². The highest BCUT2D eigenvalue weighted by Gasteiger charge is 2.43. The van der Waals surface area contributed by atoms with Crippen LogP contribution in [0.4, 0.5) is 0 Å². The van der Waals surface area contributed by atoms with E-state index in [2.05, 4.69) is 79.7 Å². The van der Waals surface area contributed by atoms with Crippen LogP contribution in [-0.2, 0) is 19.7 Å². The molecule has 0 unspecified atom stereocenters. The third kappa shape index (κ3) is 6.02. The van der Waals surface area contributed by atoms with Crippen LogP contribution in [0.5, 0.6) is 0 Å². The third-order valence-corrected chi connectivity index (χ3v) is 9.13. The lowest BCUT2D eigenvalue weighted by Crippen LogP contribution is -2.56. The van der Waals surface area contributed by atoms with E-state index in [4.69, 9.17) is 13.3 Å². The van der Waals surface area contributed by atoms with Crippen molar-refractivity contribution in [2.75, 3.05) is 19.8 Å². The highest BCUT2D eigenvalue weighted by molar-refractivity contribution is 7.16. The van der Waals surface area contributed by atoms with Crippen LogP contribution in [0.2, 0.25) is 0 Å². The largest absolute Gasteiger partial charge is 0.537 e. The Bertz CT molecular complexity index is 944. The minimum absolute atomic E-state index is 0.565. The topological polar surface area (TPSA) is 27.7 Å². The van der Waals surface area contributed by atoms with E-state index in [1.165, 1.54) is 26.4 Å². The van der Waals surface area contributed by atoms with Gasteiger partial charge in [0.05, 0.1) is 0 Å². The summed E-state index contributed by atoms with van der Waals surface area (Å²) in [6.45, 7) is 9.81. The molecule has 0 saturated heterocycles. The van der Waals surface area contributed by atoms with Crippen LogP contribution in [0.25, 0.3) is 22.6 Å². The van der Waals surface area contributed by atoms with Crippen LogP contribution >= 0.6 is 11.3 Å². The van der Waals surface area contributed by atoms with Crippen molar-refractivity contribution in [1.82, 2.24) is 0 Å². The maximum atomic E-state index is 6.02. The summed E-state index contributed by atoms with van der Waals surface area (Å²) in [5.74, 6) is 0. The molecule has 5 heteroatoms. The van der Waals surface area contributed by atoms with E-state index in [1.54, 1.807) is 11.3 Å². The number of hydrogen-bond acceptors (Lipinski definition) is 4. The number of hydrogen-bond donors (Lipinski definition) is 0. The smallest absolute Gasteiger partial charge is 0.370 e. The first kappa shape index (κ1) is 23.6. The van der Waals surface area contributed by atoms with Gasteiger partial charge in [0, 0.05) is 34.8 Å². The fourth-order valence-electron chi connectivity index (χ4n) is 3.42. The molecule has 1 aromatic heterocycles. The minimum Gasteiger partial charge on any atom is -0.370 e. The summed E-state index contributed by atoms with van der Waals surface area (Å²) in [5.41, 5.74) is 3.78. The fraction of sp³-hybridized carbons (Fsp3) is 0.308. The summed E-state index contributed by atoms with van der Waals surface area (Å²) in [6, 6.07) is 21.5. The van der Waals surface area contributed by atoms with Gasteiger partial charge in [-0.1, -0.05) is 61.5 Å². The van der Waals surface area contributed by atoms with Gasteiger partial charge < -0.3 is 13.3 Å². The lowest BCUT2D eigenvalue weighted by atomic mass is 10.1. The summed E-state index contributed by atoms with van der Waals surface area (Å²) in [4.78, 5) is 2.48. The molecule has 3 nitrogen and oxygen atoms in total. The fourth-order valence-corrected chi connectivity index (χ4v) is 6.81. The van der Waals surface area contributed by atoms with Crippen LogP contribution in [0.3, 0.4) is 0 Å². The standard InChI is InChI=1S/C26H32O3SSi/c1-5-21-9-11-22(12-10-21)13-16-24-17-20-26(30-24)23-14-18-25(19-15-23)31(27-6-2,28-7-3)29-8-4/h9-20H,5-8H2,1-4H3/b16-13+. The second kappa shape index (κ2) is 11.6. The Balaban J connectivity index is 1.76. The summed E-state index contributed by atoms with van der Waals surface area (Å²) >= 11 is 1.79. The van der Waals surface area contributed by atoms with Gasteiger partial charge >= 0.3 is 8.80 Å². The zero-order chi connectivity index (χ0) is 22.1. The van der Waals surface area contributed by atoms with Gasteiger partial charge in [-0.3, -0.25) is 0 Å². The molecule has 0 atom stereocenters. The molecular formula is C26H32O3SSi. The van der Waals surface area contributed by atoms with Gasteiger partial charge in [0.25, 0.3) is 0 Å². The molecule has 0 radical (unpaired) electrons. The molecule has 0 amide bonds. The van der Waals surface area contributed by atoms with Crippen LogP contribution in [-0.4, -0.2) is 28.6 Å². The Morgan fingerprint density at radius 2 is 1.32 bits per heavy atom. The minimum atomic E-state index is -2.86. The molecule has 1 heterocycles. The lowest BCUT2D eigenvalue weighted by molar-refractivity contribution is 0.0859. The Kier molecular flexibility index (Phi) is 8.81. The predicted molar refractivity (Wildman–Crippen MR) is 135 cm³/mol. The predicted octanol–water partition coefficient (Wildman–Crippen LogP) is 6.40. The molecule has 0 spiro atoms. The van der Waals surface area contributed by atoms with E-state index in [0.29, 0.717) is 19.8 Å². The average molecular weight is 453 g/mol. The van der Waals surface area contributed by atoms with Crippen molar-refractivity contribution >= 4 is 37.5 Å². The van der Waals surface area contributed by atoms with Crippen molar-refractivity contribution in [3.63, 3.8) is 0 Å². The monoisotopic (exact) mass is 452 g/mol. The first-order valence-corrected chi connectivity index (χ1v) is 13.6. The number of benzene rings is 2. The Morgan fingerprint density at radius 1 is 0.710 bits per heavy atom. The molecule has 3 aromatic rings. The highest BCUT2D eigenvalue weighted by atomic mass is 32.1. The number of aryl methyl sites for hydroxylation is 1. The summed E-state index contributed by atoms with van der Waals surface area (Å²) in [6.07, 6.45) is 5.42. The van der Waals surface area contributed by atoms with Gasteiger partial charge in [0.2, 0.25) is 0 Å². The van der Waals surface area contributed by atoms with Crippen molar-refractivity contribution in [1.29, 1.82) is 0 Å². The third-order valence-electron chi connectivity index (χ3n) is 4.98. The zero-order valence-electron chi connectivity index (χ0n) is 18.9. The molecule has 164 valence electrons. The molecular weight excluding hydrogens is 420 g/mol. The van der Waals surface area contributed by atoms with E-state index in [9.17, 15) is 0 Å². The van der Waals surface area contributed by atoms with E-state index in [1.807, 2.05) is 20.8 Å². The molecule has 0 bridgehead atoms. The molecule has 0 saturated carbocycles. The second-order valence-corrected chi connectivity index (χ2v) is 10.7. The van der Waals surface area contributed by atoms with Gasteiger partial charge in [-0.2, -0.15) is 0 Å². The maximum absolute atomic E-state index is 6.02. The van der Waals surface area contributed by atoms with Gasteiger partial charge in [-0.15, -0.1) is 11.3 Å². The lowest BCUT2D eigenvalue weighted by Gasteiger charge is -2.28. The normalized spacial score (nSPS) is 12.0. The number of thiophene rings is 1. The molecule has 0 aliphatic rings. The quantitative estimate of drug-likeness (QED) is 0.315. The van der Waals surface area contributed by atoms with Crippen molar-refractivity contribution < 1.29 is 13.3 Å². The first-order chi connectivity index (χ1) is 15.1. The second-order valence-electron chi connectivity index (χ2n) is 7.06. The van der Waals surface area contributed by atoms with Crippen molar-refractivity contribution in [2.24, 2.45) is 0 Å². The Hall–Kier alpha value is -2.02. The van der Waals surface area contributed by atoms with Crippen molar-refractivity contribution in [3.05, 3.63) is 76.7 Å². The molecule has 3 rings (SSSR count). The maximum Gasteiger partial charge on any atom is 0.537 e. The molecule has 0 N–H and O–H groups in total. The summed E-state index contributed by atoms with van der Waals surface area (Å²) in [5, 5.41) is 1.01. The van der Waals surface area contributed by atoms with Crippen molar-refractivity contribution in [2.45, 2.75) is 34.1 Å². The zero-order valence-corrected chi connectivity index (χ0v) is 20.7. The molecule has 0 fully saturated rings. The Morgan fingerprint density at radius 3 is 1.87 bits per heavy atom.